The lowest BCUT2D eigenvalue weighted by Crippen LogP contribution is -2.69. The summed E-state index contributed by atoms with van der Waals surface area (Å²) >= 11 is 0. The smallest absolute Gasteiger partial charge is 0.306 e. The highest BCUT2D eigenvalue weighted by Gasteiger charge is 2.61. The van der Waals surface area contributed by atoms with Gasteiger partial charge in [0.05, 0.1) is 24.9 Å². The molecule has 0 aromatic rings. The fourth-order valence-corrected chi connectivity index (χ4v) is 12.0. The molecule has 98 heavy (non-hydrogen) atoms. The molecule has 558 valence electrons. The maximum absolute atomic E-state index is 14.3. The molecular formula is C67H104O31. The Balaban J connectivity index is 2.10. The van der Waals surface area contributed by atoms with Gasteiger partial charge in [0.1, 0.15) is 24.6 Å². The number of rotatable bonds is 39. The van der Waals surface area contributed by atoms with Crippen LogP contribution in [0, 0.1) is 0 Å². The number of hydrogen-bond acceptors (Lipinski definition) is 31. The summed E-state index contributed by atoms with van der Waals surface area (Å²) in [5, 5.41) is 0. The number of ketones is 1. The van der Waals surface area contributed by atoms with Crippen LogP contribution in [-0.2, 0) is 148 Å². The van der Waals surface area contributed by atoms with Crippen molar-refractivity contribution in [2.45, 2.75) is 342 Å². The van der Waals surface area contributed by atoms with E-state index in [-0.39, 0.29) is 18.6 Å². The van der Waals surface area contributed by atoms with Crippen LogP contribution >= 0.6 is 0 Å². The lowest BCUT2D eigenvalue weighted by Gasteiger charge is -2.51. The standard InChI is InChI=1S/C67H104O31/c1-16-18-19-20-21-24-27-31-48(32-28-25-22-23-26-30-35(3)68)93-66-62(58(90-45(13)76)54(86-41(9)72)49(94-66)33-80-38(6)69)98-67-63(97-65-61(92-47(15)78)57(89-44(12)75)53(37(5)83-65)85-40(8)71)59(96-51(79)29-17-2)55(87-42(10)73)50(95-67)34-81-64-60(91-46(14)77)56(88-43(11)74)52(36(4)82-64)84-39(7)70/h36-37,48-50,52-67H,16-34H2,1-15H3/t36-,37+,48?,49-,50-,52+,53+,54-,55-,56+,57-,58+,59+,60+,61+,62-,63-,64-,65+,66-,67+/m1/s1. The van der Waals surface area contributed by atoms with E-state index in [1.165, 1.54) is 20.8 Å². The van der Waals surface area contributed by atoms with Gasteiger partial charge in [-0.25, -0.2) is 0 Å². The third-order valence-electron chi connectivity index (χ3n) is 16.0. The summed E-state index contributed by atoms with van der Waals surface area (Å²) in [6.07, 6.45) is -23.6. The number of ether oxygens (including phenoxy) is 19. The molecule has 4 aliphatic heterocycles. The molecular weight excluding hydrogens is 1300 g/mol. The normalized spacial score (nSPS) is 30.2. The van der Waals surface area contributed by atoms with Crippen molar-refractivity contribution < 1.29 is 148 Å². The topological polar surface area (TPSA) is 380 Å². The van der Waals surface area contributed by atoms with Crippen molar-refractivity contribution in [3.05, 3.63) is 0 Å². The van der Waals surface area contributed by atoms with Crippen molar-refractivity contribution in [3.8, 4) is 0 Å². The van der Waals surface area contributed by atoms with Crippen molar-refractivity contribution in [1.29, 1.82) is 0 Å². The Morgan fingerprint density at radius 1 is 0.316 bits per heavy atom. The van der Waals surface area contributed by atoms with E-state index >= 15 is 0 Å². The van der Waals surface area contributed by atoms with Crippen LogP contribution < -0.4 is 0 Å². The van der Waals surface area contributed by atoms with E-state index in [0.29, 0.717) is 38.5 Å². The molecule has 0 aromatic carbocycles. The van der Waals surface area contributed by atoms with Crippen molar-refractivity contribution in [2.75, 3.05) is 13.2 Å². The van der Waals surface area contributed by atoms with E-state index in [9.17, 15) is 57.5 Å². The van der Waals surface area contributed by atoms with Crippen LogP contribution in [0.1, 0.15) is 213 Å². The molecule has 0 radical (unpaired) electrons. The monoisotopic (exact) mass is 1400 g/mol. The number of unbranched alkanes of at least 4 members (excludes halogenated alkanes) is 10. The first kappa shape index (κ1) is 83.9. The van der Waals surface area contributed by atoms with Gasteiger partial charge in [0.25, 0.3) is 0 Å². The second-order valence-corrected chi connectivity index (χ2v) is 24.9. The molecule has 0 spiro atoms. The molecule has 1 unspecified atom stereocenters. The lowest BCUT2D eigenvalue weighted by molar-refractivity contribution is -0.397. The van der Waals surface area contributed by atoms with Gasteiger partial charge in [-0.1, -0.05) is 84.5 Å². The van der Waals surface area contributed by atoms with Gasteiger partial charge >= 0.3 is 65.7 Å². The first-order chi connectivity index (χ1) is 46.3. The molecule has 4 fully saturated rings. The molecule has 0 aromatic heterocycles. The summed E-state index contributed by atoms with van der Waals surface area (Å²) < 4.78 is 117. The second-order valence-electron chi connectivity index (χ2n) is 24.9. The maximum atomic E-state index is 14.3. The number of hydrogen-bond donors (Lipinski definition) is 0. The molecule has 4 rings (SSSR count). The van der Waals surface area contributed by atoms with E-state index in [1.54, 1.807) is 6.92 Å². The number of carbonyl (C=O) groups is 12. The average Bonchev–Trinajstić information content (AvgIpc) is 0.764. The summed E-state index contributed by atoms with van der Waals surface area (Å²) in [5.74, 6) is -10.0. The van der Waals surface area contributed by atoms with Gasteiger partial charge in [0.2, 0.25) is 0 Å². The highest BCUT2D eigenvalue weighted by Crippen LogP contribution is 2.40. The van der Waals surface area contributed by atoms with E-state index in [4.69, 9.17) is 90.0 Å². The lowest BCUT2D eigenvalue weighted by atomic mass is 9.95. The van der Waals surface area contributed by atoms with Crippen LogP contribution in [-0.4, -0.2) is 214 Å². The minimum absolute atomic E-state index is 0.0843. The van der Waals surface area contributed by atoms with Gasteiger partial charge in [0, 0.05) is 82.1 Å². The molecule has 0 aliphatic carbocycles. The second kappa shape index (κ2) is 42.6. The van der Waals surface area contributed by atoms with E-state index in [0.717, 1.165) is 127 Å². The highest BCUT2D eigenvalue weighted by molar-refractivity contribution is 5.75. The Morgan fingerprint density at radius 2 is 0.663 bits per heavy atom. The number of Topliss-reactive ketones (excluding diaryl/α,β-unsaturated/α-hetero) is 1. The highest BCUT2D eigenvalue weighted by atomic mass is 16.8. The molecule has 31 heteroatoms. The van der Waals surface area contributed by atoms with Crippen molar-refractivity contribution in [2.24, 2.45) is 0 Å². The zero-order valence-corrected chi connectivity index (χ0v) is 59.2. The Morgan fingerprint density at radius 3 is 1.10 bits per heavy atom. The van der Waals surface area contributed by atoms with Crippen LogP contribution in [0.15, 0.2) is 0 Å². The summed E-state index contributed by atoms with van der Waals surface area (Å²) in [6.45, 7) is 17.2. The summed E-state index contributed by atoms with van der Waals surface area (Å²) in [7, 11) is 0. The zero-order valence-electron chi connectivity index (χ0n) is 59.2. The van der Waals surface area contributed by atoms with Gasteiger partial charge in [0.15, 0.2) is 98.4 Å². The number of carbonyl (C=O) groups excluding carboxylic acids is 12. The third-order valence-corrected chi connectivity index (χ3v) is 16.0. The van der Waals surface area contributed by atoms with Gasteiger partial charge in [-0.15, -0.1) is 0 Å². The summed E-state index contributed by atoms with van der Waals surface area (Å²) in [5.41, 5.74) is 0. The van der Waals surface area contributed by atoms with Gasteiger partial charge in [-0.05, 0) is 46.5 Å². The molecule has 0 amide bonds. The Bertz CT molecular complexity index is 2610. The van der Waals surface area contributed by atoms with Crippen LogP contribution in [0.25, 0.3) is 0 Å². The van der Waals surface area contributed by atoms with E-state index in [1.807, 2.05) is 0 Å². The average molecular weight is 1410 g/mol. The fraction of sp³-hybridized carbons (Fsp3) is 0.821. The van der Waals surface area contributed by atoms with Crippen LogP contribution in [0.4, 0.5) is 0 Å². The molecule has 21 atom stereocenters. The van der Waals surface area contributed by atoms with Crippen molar-refractivity contribution >= 4 is 71.4 Å². The SMILES string of the molecule is CCCCCCCCCC(CCCCCCCC(C)=O)O[C@@H]1O[C@H](COC(C)=O)[C@@H](OC(C)=O)[C@H](OC(C)=O)[C@H]1O[C@@H]1O[C@H](CO[C@@H]2O[C@H](C)[C@H](OC(C)=O)[C@H](OC(C)=O)[C@@H]2OC(C)=O)[C@@H](OC(C)=O)[C@H](OC(=O)CCC)[C@H]1O[C@@H]1O[C@@H](C)[C@H](OC(C)=O)[C@@H](OC(C)=O)[C@@H]1OC(C)=O. The predicted molar refractivity (Wildman–Crippen MR) is 334 cm³/mol. The quantitative estimate of drug-likeness (QED) is 0.0374. The van der Waals surface area contributed by atoms with Crippen LogP contribution in [0.3, 0.4) is 0 Å². The maximum Gasteiger partial charge on any atom is 0.306 e. The predicted octanol–water partition coefficient (Wildman–Crippen LogP) is 6.22. The van der Waals surface area contributed by atoms with Gasteiger partial charge < -0.3 is 94.8 Å². The van der Waals surface area contributed by atoms with Crippen LogP contribution in [0.5, 0.6) is 0 Å². The number of esters is 11. The van der Waals surface area contributed by atoms with E-state index < -0.39 is 208 Å². The zero-order chi connectivity index (χ0) is 72.9. The summed E-state index contributed by atoms with van der Waals surface area (Å²) in [4.78, 5) is 156. The Kier molecular flexibility index (Phi) is 36.5. The Labute approximate surface area is 572 Å². The first-order valence-corrected chi connectivity index (χ1v) is 33.9. The van der Waals surface area contributed by atoms with Gasteiger partial charge in [-0.2, -0.15) is 0 Å². The first-order valence-electron chi connectivity index (χ1n) is 33.9. The van der Waals surface area contributed by atoms with E-state index in [2.05, 4.69) is 6.92 Å². The fourth-order valence-electron chi connectivity index (χ4n) is 12.0. The molecule has 0 N–H and O–H groups in total. The Hall–Kier alpha value is -6.48. The molecule has 4 saturated heterocycles. The molecule has 31 nitrogen and oxygen atoms in total. The van der Waals surface area contributed by atoms with Crippen molar-refractivity contribution in [3.63, 3.8) is 0 Å². The molecule has 4 heterocycles. The third kappa shape index (κ3) is 28.3. The minimum atomic E-state index is -2.17. The largest absolute Gasteiger partial charge is 0.463 e. The minimum Gasteiger partial charge on any atom is -0.463 e. The van der Waals surface area contributed by atoms with Crippen molar-refractivity contribution in [1.82, 2.24) is 0 Å². The molecule has 0 bridgehead atoms. The molecule has 4 aliphatic rings. The van der Waals surface area contributed by atoms with Crippen LogP contribution in [0.2, 0.25) is 0 Å². The molecule has 0 saturated carbocycles. The van der Waals surface area contributed by atoms with Gasteiger partial charge in [-0.3, -0.25) is 52.7 Å². The summed E-state index contributed by atoms with van der Waals surface area (Å²) in [6, 6.07) is 0.